The Balaban J connectivity index is 2.15. The Bertz CT molecular complexity index is 402. The molecule has 1 aromatic carbocycles. The number of carbonyl (C=O) groups is 1. The number of hydrogen-bond donors (Lipinski definition) is 0. The molecule has 1 saturated heterocycles. The molecule has 2 rings (SSSR count). The Kier molecular flexibility index (Phi) is 3.57. The largest absolute Gasteiger partial charge is 0.443 e. The highest BCUT2D eigenvalue weighted by molar-refractivity contribution is 6.18. The van der Waals surface area contributed by atoms with E-state index in [-0.39, 0.29) is 12.2 Å². The molecule has 1 fully saturated rings. The van der Waals surface area contributed by atoms with E-state index in [1.807, 2.05) is 24.3 Å². The average Bonchev–Trinajstić information content (AvgIpc) is 2.71. The summed E-state index contributed by atoms with van der Waals surface area (Å²) in [4.78, 5) is 13.2. The molecule has 1 amide bonds. The molecular weight excluding hydrogens is 238 g/mol. The summed E-state index contributed by atoms with van der Waals surface area (Å²) in [6.45, 7) is 4.81. The first-order valence-corrected chi connectivity index (χ1v) is 6.29. The molecule has 0 bridgehead atoms. The van der Waals surface area contributed by atoms with Crippen LogP contribution < -0.4 is 4.90 Å². The zero-order chi connectivity index (χ0) is 12.4. The van der Waals surface area contributed by atoms with Gasteiger partial charge in [0.2, 0.25) is 0 Å². The normalized spacial score (nSPS) is 19.9. The van der Waals surface area contributed by atoms with Gasteiger partial charge in [0.05, 0.1) is 12.4 Å². The molecule has 92 valence electrons. The second-order valence-electron chi connectivity index (χ2n) is 4.52. The molecule has 1 aromatic rings. The van der Waals surface area contributed by atoms with E-state index in [0.29, 0.717) is 18.3 Å². The Morgan fingerprint density at radius 2 is 2.06 bits per heavy atom. The van der Waals surface area contributed by atoms with Gasteiger partial charge in [-0.1, -0.05) is 26.0 Å². The molecule has 0 saturated carbocycles. The van der Waals surface area contributed by atoms with E-state index in [1.165, 1.54) is 5.56 Å². The summed E-state index contributed by atoms with van der Waals surface area (Å²) >= 11 is 5.69. The van der Waals surface area contributed by atoms with Crippen molar-refractivity contribution in [2.45, 2.75) is 25.9 Å². The fraction of sp³-hybridized carbons (Fsp3) is 0.462. The number of carbonyl (C=O) groups excluding carboxylic acids is 1. The first kappa shape index (κ1) is 12.2. The lowest BCUT2D eigenvalue weighted by Gasteiger charge is -2.14. The predicted octanol–water partition coefficient (Wildman–Crippen LogP) is 3.37. The quantitative estimate of drug-likeness (QED) is 0.773. The van der Waals surface area contributed by atoms with Gasteiger partial charge in [-0.15, -0.1) is 11.6 Å². The monoisotopic (exact) mass is 253 g/mol. The Labute approximate surface area is 106 Å². The van der Waals surface area contributed by atoms with Crippen LogP contribution in [-0.2, 0) is 4.74 Å². The van der Waals surface area contributed by atoms with Crippen LogP contribution in [0.1, 0.15) is 25.3 Å². The minimum atomic E-state index is -0.312. The molecule has 1 aliphatic rings. The van der Waals surface area contributed by atoms with E-state index < -0.39 is 0 Å². The molecule has 3 nitrogen and oxygen atoms in total. The number of cyclic esters (lactones) is 1. The van der Waals surface area contributed by atoms with Crippen molar-refractivity contribution >= 4 is 23.4 Å². The van der Waals surface area contributed by atoms with Gasteiger partial charge in [-0.05, 0) is 23.6 Å². The van der Waals surface area contributed by atoms with E-state index in [0.717, 1.165) is 5.69 Å². The van der Waals surface area contributed by atoms with E-state index in [9.17, 15) is 4.79 Å². The number of alkyl halides is 1. The summed E-state index contributed by atoms with van der Waals surface area (Å²) in [7, 11) is 0. The lowest BCUT2D eigenvalue weighted by molar-refractivity contribution is 0.151. The topological polar surface area (TPSA) is 29.5 Å². The molecule has 17 heavy (non-hydrogen) atoms. The van der Waals surface area contributed by atoms with E-state index in [4.69, 9.17) is 16.3 Å². The van der Waals surface area contributed by atoms with Crippen LogP contribution in [0.4, 0.5) is 10.5 Å². The third-order valence-corrected chi connectivity index (χ3v) is 3.26. The van der Waals surface area contributed by atoms with Crippen LogP contribution in [0.15, 0.2) is 24.3 Å². The van der Waals surface area contributed by atoms with Crippen molar-refractivity contribution < 1.29 is 9.53 Å². The van der Waals surface area contributed by atoms with Gasteiger partial charge in [0.15, 0.2) is 0 Å². The van der Waals surface area contributed by atoms with Crippen LogP contribution >= 0.6 is 11.6 Å². The zero-order valence-corrected chi connectivity index (χ0v) is 10.8. The Morgan fingerprint density at radius 1 is 1.41 bits per heavy atom. The fourth-order valence-electron chi connectivity index (χ4n) is 1.85. The van der Waals surface area contributed by atoms with Crippen LogP contribution in [0.5, 0.6) is 0 Å². The second kappa shape index (κ2) is 4.96. The molecule has 0 aliphatic carbocycles. The maximum Gasteiger partial charge on any atom is 0.414 e. The highest BCUT2D eigenvalue weighted by Crippen LogP contribution is 2.24. The van der Waals surface area contributed by atoms with Crippen molar-refractivity contribution in [3.63, 3.8) is 0 Å². The lowest BCUT2D eigenvalue weighted by atomic mass is 10.0. The van der Waals surface area contributed by atoms with Crippen molar-refractivity contribution in [1.82, 2.24) is 0 Å². The third kappa shape index (κ3) is 2.55. The minimum absolute atomic E-state index is 0.200. The number of benzene rings is 1. The van der Waals surface area contributed by atoms with E-state index in [2.05, 4.69) is 13.8 Å². The van der Waals surface area contributed by atoms with Gasteiger partial charge in [0.25, 0.3) is 0 Å². The number of hydrogen-bond acceptors (Lipinski definition) is 2. The number of ether oxygens (including phenoxy) is 1. The highest BCUT2D eigenvalue weighted by Gasteiger charge is 2.31. The number of amides is 1. The van der Waals surface area contributed by atoms with Gasteiger partial charge in [-0.3, -0.25) is 4.90 Å². The van der Waals surface area contributed by atoms with Crippen LogP contribution in [0.2, 0.25) is 0 Å². The molecular formula is C13H16ClNO2. The van der Waals surface area contributed by atoms with Crippen LogP contribution in [0, 0.1) is 0 Å². The van der Waals surface area contributed by atoms with E-state index >= 15 is 0 Å². The van der Waals surface area contributed by atoms with Gasteiger partial charge >= 0.3 is 6.09 Å². The van der Waals surface area contributed by atoms with Gasteiger partial charge in [0.1, 0.15) is 6.10 Å². The van der Waals surface area contributed by atoms with Crippen LogP contribution in [0.25, 0.3) is 0 Å². The highest BCUT2D eigenvalue weighted by atomic mass is 35.5. The number of rotatable bonds is 3. The maximum absolute atomic E-state index is 11.6. The van der Waals surface area contributed by atoms with Gasteiger partial charge < -0.3 is 4.74 Å². The van der Waals surface area contributed by atoms with Gasteiger partial charge in [-0.2, -0.15) is 0 Å². The molecule has 1 aliphatic heterocycles. The SMILES string of the molecule is CC(C)c1ccc(N2CC(CCl)OC2=O)cc1. The van der Waals surface area contributed by atoms with Crippen molar-refractivity contribution in [3.05, 3.63) is 29.8 Å². The first-order chi connectivity index (χ1) is 8.11. The summed E-state index contributed by atoms with van der Waals surface area (Å²) in [5.74, 6) is 0.830. The molecule has 0 aromatic heterocycles. The summed E-state index contributed by atoms with van der Waals surface area (Å²) in [6, 6.07) is 7.99. The molecule has 0 spiro atoms. The molecule has 0 radical (unpaired) electrons. The Morgan fingerprint density at radius 3 is 2.53 bits per heavy atom. The minimum Gasteiger partial charge on any atom is -0.443 e. The standard InChI is InChI=1S/C13H16ClNO2/c1-9(2)10-3-5-11(6-4-10)15-8-12(7-14)17-13(15)16/h3-6,9,12H,7-8H2,1-2H3. The van der Waals surface area contributed by atoms with Crippen LogP contribution in [-0.4, -0.2) is 24.6 Å². The van der Waals surface area contributed by atoms with Crippen molar-refractivity contribution in [3.8, 4) is 0 Å². The fourth-order valence-corrected chi connectivity index (χ4v) is 2.01. The maximum atomic E-state index is 11.6. The summed E-state index contributed by atoms with van der Waals surface area (Å²) < 4.78 is 5.11. The van der Waals surface area contributed by atoms with Crippen LogP contribution in [0.3, 0.4) is 0 Å². The molecule has 4 heteroatoms. The smallest absolute Gasteiger partial charge is 0.414 e. The number of nitrogens with zero attached hydrogens (tertiary/aromatic N) is 1. The average molecular weight is 254 g/mol. The van der Waals surface area contributed by atoms with Crippen molar-refractivity contribution in [2.24, 2.45) is 0 Å². The molecule has 0 N–H and O–H groups in total. The Hall–Kier alpha value is -1.22. The van der Waals surface area contributed by atoms with Gasteiger partial charge in [-0.25, -0.2) is 4.79 Å². The van der Waals surface area contributed by atoms with E-state index in [1.54, 1.807) is 4.90 Å². The lowest BCUT2D eigenvalue weighted by Crippen LogP contribution is -2.24. The number of halogens is 1. The first-order valence-electron chi connectivity index (χ1n) is 5.76. The van der Waals surface area contributed by atoms with Crippen molar-refractivity contribution in [1.29, 1.82) is 0 Å². The summed E-state index contributed by atoms with van der Waals surface area (Å²) in [5.41, 5.74) is 2.13. The summed E-state index contributed by atoms with van der Waals surface area (Å²) in [6.07, 6.45) is -0.512. The molecule has 1 unspecified atom stereocenters. The molecule has 1 atom stereocenters. The predicted molar refractivity (Wildman–Crippen MR) is 68.9 cm³/mol. The van der Waals surface area contributed by atoms with Crippen molar-refractivity contribution in [2.75, 3.05) is 17.3 Å². The molecule has 1 heterocycles. The zero-order valence-electron chi connectivity index (χ0n) is 10.0. The number of anilines is 1. The summed E-state index contributed by atoms with van der Waals surface area (Å²) in [5, 5.41) is 0. The second-order valence-corrected chi connectivity index (χ2v) is 4.83. The third-order valence-electron chi connectivity index (χ3n) is 2.92. The van der Waals surface area contributed by atoms with Gasteiger partial charge in [0, 0.05) is 5.69 Å².